The molecule has 1 heteroatoms. The third-order valence-electron chi connectivity index (χ3n) is 4.24. The van der Waals surface area contributed by atoms with Crippen molar-refractivity contribution in [1.82, 2.24) is 0 Å². The molecule has 0 aromatic carbocycles. The van der Waals surface area contributed by atoms with Crippen LogP contribution in [0.5, 0.6) is 0 Å². The van der Waals surface area contributed by atoms with Gasteiger partial charge < -0.3 is 0 Å². The van der Waals surface area contributed by atoms with Crippen molar-refractivity contribution in [3.8, 4) is 0 Å². The van der Waals surface area contributed by atoms with Crippen molar-refractivity contribution in [3.63, 3.8) is 0 Å². The van der Waals surface area contributed by atoms with Crippen LogP contribution in [0.3, 0.4) is 0 Å². The highest BCUT2D eigenvalue weighted by Gasteiger charge is 2.57. The van der Waals surface area contributed by atoms with Crippen LogP contribution in [0.15, 0.2) is 12.7 Å². The van der Waals surface area contributed by atoms with Crippen molar-refractivity contribution in [2.24, 2.45) is 23.2 Å². The summed E-state index contributed by atoms with van der Waals surface area (Å²) in [7, 11) is 0. The molecule has 3 fully saturated rings. The Labute approximate surface area is 80.2 Å². The van der Waals surface area contributed by atoms with Crippen LogP contribution in [0.2, 0.25) is 0 Å². The molecule has 0 aliphatic heterocycles. The van der Waals surface area contributed by atoms with Crippen LogP contribution < -0.4 is 0 Å². The van der Waals surface area contributed by atoms with Gasteiger partial charge in [0.05, 0.1) is 0 Å². The van der Waals surface area contributed by atoms with Crippen LogP contribution in [0.25, 0.3) is 0 Å². The highest BCUT2D eigenvalue weighted by atomic mass is 16.1. The fraction of sp³-hybridized carbons (Fsp3) is 0.750. The Balaban J connectivity index is 2.12. The SMILES string of the molecule is C=CCC1C[C@H]2C[C@@H](C1=O)C2(C)C. The summed E-state index contributed by atoms with van der Waals surface area (Å²) in [6, 6.07) is 0. The molecule has 0 aromatic rings. The molecule has 0 heterocycles. The summed E-state index contributed by atoms with van der Waals surface area (Å²) in [4.78, 5) is 11.9. The Morgan fingerprint density at radius 1 is 1.54 bits per heavy atom. The minimum atomic E-state index is 0.300. The summed E-state index contributed by atoms with van der Waals surface area (Å²) < 4.78 is 0. The van der Waals surface area contributed by atoms with E-state index >= 15 is 0 Å². The molecule has 2 bridgehead atoms. The topological polar surface area (TPSA) is 17.1 Å². The second-order valence-corrected chi connectivity index (χ2v) is 5.17. The molecule has 3 rings (SSSR count). The van der Waals surface area contributed by atoms with Crippen molar-refractivity contribution >= 4 is 5.78 Å². The molecule has 3 atom stereocenters. The maximum absolute atomic E-state index is 11.9. The Morgan fingerprint density at radius 2 is 2.23 bits per heavy atom. The van der Waals surface area contributed by atoms with Crippen molar-refractivity contribution in [2.45, 2.75) is 33.1 Å². The minimum absolute atomic E-state index is 0.300. The van der Waals surface area contributed by atoms with E-state index in [4.69, 9.17) is 0 Å². The normalized spacial score (nSPS) is 41.1. The lowest BCUT2D eigenvalue weighted by molar-refractivity contribution is -0.156. The lowest BCUT2D eigenvalue weighted by Crippen LogP contribution is -2.56. The smallest absolute Gasteiger partial charge is 0.139 e. The number of allylic oxidation sites excluding steroid dienone is 1. The third-order valence-corrected chi connectivity index (χ3v) is 4.24. The number of rotatable bonds is 2. The Bertz CT molecular complexity index is 252. The maximum Gasteiger partial charge on any atom is 0.139 e. The lowest BCUT2D eigenvalue weighted by atomic mass is 9.46. The van der Waals surface area contributed by atoms with Gasteiger partial charge in [-0.05, 0) is 30.6 Å². The van der Waals surface area contributed by atoms with E-state index in [1.807, 2.05) is 6.08 Å². The van der Waals surface area contributed by atoms with Gasteiger partial charge in [0.15, 0.2) is 0 Å². The van der Waals surface area contributed by atoms with Gasteiger partial charge in [0.1, 0.15) is 5.78 Å². The van der Waals surface area contributed by atoms with Crippen LogP contribution in [0.1, 0.15) is 33.1 Å². The van der Waals surface area contributed by atoms with Gasteiger partial charge in [-0.15, -0.1) is 6.58 Å². The standard InChI is InChI=1S/C12H18O/c1-4-5-8-6-9-7-10(11(8)13)12(9,2)3/h4,8-10H,1,5-7H2,2-3H3/t8?,9-,10-/m0/s1. The van der Waals surface area contributed by atoms with Gasteiger partial charge in [-0.3, -0.25) is 4.79 Å². The summed E-state index contributed by atoms with van der Waals surface area (Å²) in [5.74, 6) is 1.96. The van der Waals surface area contributed by atoms with Crippen LogP contribution in [-0.2, 0) is 4.79 Å². The summed E-state index contributed by atoms with van der Waals surface area (Å²) in [6.07, 6.45) is 5.04. The van der Waals surface area contributed by atoms with Crippen molar-refractivity contribution in [1.29, 1.82) is 0 Å². The van der Waals surface area contributed by atoms with Crippen molar-refractivity contribution in [2.75, 3.05) is 0 Å². The Morgan fingerprint density at radius 3 is 2.69 bits per heavy atom. The molecule has 13 heavy (non-hydrogen) atoms. The Kier molecular flexibility index (Phi) is 1.86. The molecular formula is C12H18O. The minimum Gasteiger partial charge on any atom is -0.299 e. The maximum atomic E-state index is 11.9. The average Bonchev–Trinajstić information content (AvgIpc) is 2.08. The second-order valence-electron chi connectivity index (χ2n) is 5.17. The van der Waals surface area contributed by atoms with Crippen molar-refractivity contribution < 1.29 is 4.79 Å². The van der Waals surface area contributed by atoms with Gasteiger partial charge in [-0.2, -0.15) is 0 Å². The van der Waals surface area contributed by atoms with Gasteiger partial charge in [-0.1, -0.05) is 19.9 Å². The summed E-state index contributed by atoms with van der Waals surface area (Å²) in [5.41, 5.74) is 0.300. The first-order valence-electron chi connectivity index (χ1n) is 5.22. The zero-order valence-electron chi connectivity index (χ0n) is 8.55. The molecule has 0 radical (unpaired) electrons. The van der Waals surface area contributed by atoms with Crippen molar-refractivity contribution in [3.05, 3.63) is 12.7 Å². The summed E-state index contributed by atoms with van der Waals surface area (Å²) >= 11 is 0. The Hall–Kier alpha value is -0.590. The lowest BCUT2D eigenvalue weighted by Gasteiger charge is -2.57. The van der Waals surface area contributed by atoms with Crippen LogP contribution in [-0.4, -0.2) is 5.78 Å². The summed E-state index contributed by atoms with van der Waals surface area (Å²) in [6.45, 7) is 8.20. The fourth-order valence-corrected chi connectivity index (χ4v) is 3.06. The largest absolute Gasteiger partial charge is 0.299 e. The molecule has 0 amide bonds. The van der Waals surface area contributed by atoms with E-state index in [9.17, 15) is 4.79 Å². The van der Waals surface area contributed by atoms with Crippen LogP contribution in [0, 0.1) is 23.2 Å². The van der Waals surface area contributed by atoms with E-state index in [-0.39, 0.29) is 0 Å². The zero-order valence-corrected chi connectivity index (χ0v) is 8.55. The number of hydrogen-bond donors (Lipinski definition) is 0. The molecule has 72 valence electrons. The predicted octanol–water partition coefficient (Wildman–Crippen LogP) is 2.81. The number of carbonyl (C=O) groups excluding carboxylic acids is 1. The molecule has 1 unspecified atom stereocenters. The molecular weight excluding hydrogens is 160 g/mol. The third kappa shape index (κ3) is 1.09. The number of ketones is 1. The van der Waals surface area contributed by atoms with Gasteiger partial charge in [0, 0.05) is 11.8 Å². The highest BCUT2D eigenvalue weighted by Crippen LogP contribution is 2.59. The quantitative estimate of drug-likeness (QED) is 0.594. The fourth-order valence-electron chi connectivity index (χ4n) is 3.06. The molecule has 0 spiro atoms. The number of hydrogen-bond acceptors (Lipinski definition) is 1. The molecule has 3 aliphatic rings. The molecule has 0 aromatic heterocycles. The highest BCUT2D eigenvalue weighted by molar-refractivity contribution is 5.86. The van der Waals surface area contributed by atoms with Crippen LogP contribution >= 0.6 is 0 Å². The first kappa shape index (κ1) is 8.98. The van der Waals surface area contributed by atoms with E-state index in [0.717, 1.165) is 25.2 Å². The second kappa shape index (κ2) is 2.70. The summed E-state index contributed by atoms with van der Waals surface area (Å²) in [5, 5.41) is 0. The van der Waals surface area contributed by atoms with E-state index in [1.54, 1.807) is 0 Å². The van der Waals surface area contributed by atoms with Gasteiger partial charge in [-0.25, -0.2) is 0 Å². The van der Waals surface area contributed by atoms with E-state index < -0.39 is 0 Å². The molecule has 3 saturated carbocycles. The average molecular weight is 178 g/mol. The van der Waals surface area contributed by atoms with Gasteiger partial charge >= 0.3 is 0 Å². The van der Waals surface area contributed by atoms with Gasteiger partial charge in [0.2, 0.25) is 0 Å². The monoisotopic (exact) mass is 178 g/mol. The van der Waals surface area contributed by atoms with E-state index in [1.165, 1.54) is 0 Å². The molecule has 0 saturated heterocycles. The zero-order chi connectivity index (χ0) is 9.64. The molecule has 0 N–H and O–H groups in total. The van der Waals surface area contributed by atoms with Crippen LogP contribution in [0.4, 0.5) is 0 Å². The van der Waals surface area contributed by atoms with E-state index in [0.29, 0.717) is 23.0 Å². The predicted molar refractivity (Wildman–Crippen MR) is 53.3 cm³/mol. The van der Waals surface area contributed by atoms with Gasteiger partial charge in [0.25, 0.3) is 0 Å². The first-order chi connectivity index (χ1) is 6.07. The molecule has 3 aliphatic carbocycles. The first-order valence-corrected chi connectivity index (χ1v) is 5.22. The number of Topliss-reactive ketones (excluding diaryl/α,β-unsaturated/α-hetero) is 1. The number of fused-ring (bicyclic) bond motifs is 2. The number of carbonyl (C=O) groups is 1. The molecule has 1 nitrogen and oxygen atoms in total. The van der Waals surface area contributed by atoms with E-state index in [2.05, 4.69) is 20.4 Å².